The molecule has 6 heteroatoms. The first-order valence-corrected chi connectivity index (χ1v) is 8.94. The minimum absolute atomic E-state index is 0.0593. The third kappa shape index (κ3) is 4.14. The summed E-state index contributed by atoms with van der Waals surface area (Å²) in [6, 6.07) is 11.9. The number of benzene rings is 1. The van der Waals surface area contributed by atoms with E-state index < -0.39 is 0 Å². The zero-order valence-electron chi connectivity index (χ0n) is 13.6. The van der Waals surface area contributed by atoms with Crippen molar-refractivity contribution in [3.63, 3.8) is 0 Å². The highest BCUT2D eigenvalue weighted by Gasteiger charge is 2.06. The van der Waals surface area contributed by atoms with Gasteiger partial charge in [-0.05, 0) is 37.6 Å². The summed E-state index contributed by atoms with van der Waals surface area (Å²) in [5.74, 6) is 1.50. The van der Waals surface area contributed by atoms with Crippen molar-refractivity contribution in [2.75, 3.05) is 12.3 Å². The van der Waals surface area contributed by atoms with Crippen LogP contribution in [0.1, 0.15) is 12.2 Å². The van der Waals surface area contributed by atoms with Crippen LogP contribution in [-0.2, 0) is 11.3 Å². The topological polar surface area (TPSA) is 59.8 Å². The first-order valence-electron chi connectivity index (χ1n) is 7.95. The summed E-state index contributed by atoms with van der Waals surface area (Å²) >= 11 is 1.52. The van der Waals surface area contributed by atoms with Crippen molar-refractivity contribution in [3.8, 4) is 0 Å². The number of hydrogen-bond acceptors (Lipinski definition) is 4. The normalized spacial score (nSPS) is 10.9. The molecule has 0 aliphatic rings. The fourth-order valence-corrected chi connectivity index (χ4v) is 3.29. The van der Waals surface area contributed by atoms with Gasteiger partial charge in [-0.1, -0.05) is 12.1 Å². The molecule has 1 aromatic carbocycles. The zero-order valence-corrected chi connectivity index (χ0v) is 14.4. The van der Waals surface area contributed by atoms with Crippen molar-refractivity contribution in [2.24, 2.45) is 0 Å². The molecule has 124 valence electrons. The molecular formula is C18H20N4OS. The van der Waals surface area contributed by atoms with E-state index in [1.807, 2.05) is 37.3 Å². The van der Waals surface area contributed by atoms with Gasteiger partial charge in [0.05, 0.1) is 16.8 Å². The molecule has 0 aliphatic carbocycles. The van der Waals surface area contributed by atoms with Gasteiger partial charge in [0.15, 0.2) is 0 Å². The Hall–Kier alpha value is -2.34. The SMILES string of the molecule is Cc1nc2ccccc2n1CCCNC(=O)CSc1ccncc1. The minimum atomic E-state index is 0.0593. The number of carbonyl (C=O) groups is 1. The second-order valence-corrected chi connectivity index (χ2v) is 6.52. The lowest BCUT2D eigenvalue weighted by Gasteiger charge is -2.08. The van der Waals surface area contributed by atoms with Gasteiger partial charge in [-0.2, -0.15) is 0 Å². The van der Waals surface area contributed by atoms with E-state index in [0.29, 0.717) is 12.3 Å². The number of carbonyl (C=O) groups excluding carboxylic acids is 1. The van der Waals surface area contributed by atoms with Gasteiger partial charge in [0.2, 0.25) is 5.91 Å². The molecule has 24 heavy (non-hydrogen) atoms. The Kier molecular flexibility index (Phi) is 5.48. The summed E-state index contributed by atoms with van der Waals surface area (Å²) in [4.78, 5) is 21.5. The molecule has 3 rings (SSSR count). The Labute approximate surface area is 145 Å². The molecule has 1 N–H and O–H groups in total. The Morgan fingerprint density at radius 1 is 1.21 bits per heavy atom. The smallest absolute Gasteiger partial charge is 0.230 e. The number of para-hydroxylation sites is 2. The van der Waals surface area contributed by atoms with Crippen LogP contribution >= 0.6 is 11.8 Å². The lowest BCUT2D eigenvalue weighted by molar-refractivity contribution is -0.118. The summed E-state index contributed by atoms with van der Waals surface area (Å²) in [5.41, 5.74) is 2.17. The second-order valence-electron chi connectivity index (χ2n) is 5.47. The van der Waals surface area contributed by atoms with Crippen LogP contribution in [0.5, 0.6) is 0 Å². The average molecular weight is 340 g/mol. The summed E-state index contributed by atoms with van der Waals surface area (Å²) in [7, 11) is 0. The Balaban J connectivity index is 1.43. The largest absolute Gasteiger partial charge is 0.355 e. The average Bonchev–Trinajstić information content (AvgIpc) is 2.93. The predicted molar refractivity (Wildman–Crippen MR) is 97.1 cm³/mol. The van der Waals surface area contributed by atoms with Crippen LogP contribution < -0.4 is 5.32 Å². The van der Waals surface area contributed by atoms with Gasteiger partial charge in [-0.15, -0.1) is 11.8 Å². The number of fused-ring (bicyclic) bond motifs is 1. The molecule has 2 heterocycles. The number of pyridine rings is 1. The molecular weight excluding hydrogens is 320 g/mol. The predicted octanol–water partition coefficient (Wildman–Crippen LogP) is 3.04. The summed E-state index contributed by atoms with van der Waals surface area (Å²) in [6.45, 7) is 3.54. The van der Waals surface area contributed by atoms with Crippen molar-refractivity contribution in [2.45, 2.75) is 24.8 Å². The molecule has 3 aromatic rings. The summed E-state index contributed by atoms with van der Waals surface area (Å²) in [5, 5.41) is 2.97. The van der Waals surface area contributed by atoms with Gasteiger partial charge in [-0.25, -0.2) is 4.98 Å². The van der Waals surface area contributed by atoms with E-state index in [1.54, 1.807) is 12.4 Å². The van der Waals surface area contributed by atoms with Crippen molar-refractivity contribution in [1.29, 1.82) is 0 Å². The van der Waals surface area contributed by atoms with Crippen LogP contribution in [0.25, 0.3) is 11.0 Å². The Morgan fingerprint density at radius 3 is 2.83 bits per heavy atom. The van der Waals surface area contributed by atoms with Gasteiger partial charge in [-0.3, -0.25) is 9.78 Å². The maximum Gasteiger partial charge on any atom is 0.230 e. The highest BCUT2D eigenvalue weighted by molar-refractivity contribution is 8.00. The van der Waals surface area contributed by atoms with Crippen LogP contribution in [0, 0.1) is 6.92 Å². The van der Waals surface area contributed by atoms with E-state index in [9.17, 15) is 4.79 Å². The van der Waals surface area contributed by atoms with Gasteiger partial charge in [0.1, 0.15) is 5.82 Å². The lowest BCUT2D eigenvalue weighted by Crippen LogP contribution is -2.26. The van der Waals surface area contributed by atoms with Crippen molar-refractivity contribution in [3.05, 3.63) is 54.6 Å². The molecule has 0 unspecified atom stereocenters. The van der Waals surface area contributed by atoms with Crippen molar-refractivity contribution < 1.29 is 4.79 Å². The van der Waals surface area contributed by atoms with E-state index in [1.165, 1.54) is 11.8 Å². The van der Waals surface area contributed by atoms with E-state index in [4.69, 9.17) is 0 Å². The minimum Gasteiger partial charge on any atom is -0.355 e. The van der Waals surface area contributed by atoms with Crippen LogP contribution in [0.2, 0.25) is 0 Å². The number of imidazole rings is 1. The molecule has 0 fully saturated rings. The van der Waals surface area contributed by atoms with E-state index >= 15 is 0 Å². The Bertz CT molecular complexity index is 816. The molecule has 0 saturated heterocycles. The molecule has 0 aliphatic heterocycles. The number of thioether (sulfide) groups is 1. The van der Waals surface area contributed by atoms with Gasteiger partial charge in [0.25, 0.3) is 0 Å². The highest BCUT2D eigenvalue weighted by Crippen LogP contribution is 2.16. The molecule has 2 aromatic heterocycles. The molecule has 0 bridgehead atoms. The first-order chi connectivity index (χ1) is 11.7. The van der Waals surface area contributed by atoms with E-state index in [-0.39, 0.29) is 5.91 Å². The van der Waals surface area contributed by atoms with Gasteiger partial charge < -0.3 is 9.88 Å². The third-order valence-electron chi connectivity index (χ3n) is 3.75. The van der Waals surface area contributed by atoms with Crippen LogP contribution in [-0.4, -0.2) is 32.7 Å². The molecule has 0 saturated carbocycles. The standard InChI is InChI=1S/C18H20N4OS/c1-14-21-16-5-2-3-6-17(16)22(14)12-4-9-20-18(23)13-24-15-7-10-19-11-8-15/h2-3,5-8,10-11H,4,9,12-13H2,1H3,(H,20,23). The number of aromatic nitrogens is 3. The van der Waals surface area contributed by atoms with E-state index in [2.05, 4.69) is 25.9 Å². The molecule has 0 radical (unpaired) electrons. The summed E-state index contributed by atoms with van der Waals surface area (Å²) in [6.07, 6.45) is 4.35. The van der Waals surface area contributed by atoms with E-state index in [0.717, 1.165) is 34.7 Å². The highest BCUT2D eigenvalue weighted by atomic mass is 32.2. The number of nitrogens with zero attached hydrogens (tertiary/aromatic N) is 3. The number of amides is 1. The third-order valence-corrected chi connectivity index (χ3v) is 4.76. The maximum absolute atomic E-state index is 11.9. The fourth-order valence-electron chi connectivity index (χ4n) is 2.58. The fraction of sp³-hybridized carbons (Fsp3) is 0.278. The number of aryl methyl sites for hydroxylation is 2. The maximum atomic E-state index is 11.9. The number of nitrogens with one attached hydrogen (secondary N) is 1. The Morgan fingerprint density at radius 2 is 2.00 bits per heavy atom. The van der Waals surface area contributed by atoms with Gasteiger partial charge in [0, 0.05) is 30.4 Å². The molecule has 0 atom stereocenters. The van der Waals surface area contributed by atoms with Crippen LogP contribution in [0.3, 0.4) is 0 Å². The lowest BCUT2D eigenvalue weighted by atomic mass is 10.3. The number of hydrogen-bond donors (Lipinski definition) is 1. The quantitative estimate of drug-likeness (QED) is 0.530. The molecule has 5 nitrogen and oxygen atoms in total. The summed E-state index contributed by atoms with van der Waals surface area (Å²) < 4.78 is 2.20. The van der Waals surface area contributed by atoms with Crippen molar-refractivity contribution >= 4 is 28.7 Å². The second kappa shape index (κ2) is 7.97. The monoisotopic (exact) mass is 340 g/mol. The van der Waals surface area contributed by atoms with Crippen LogP contribution in [0.15, 0.2) is 53.7 Å². The molecule has 0 spiro atoms. The zero-order chi connectivity index (χ0) is 16.8. The van der Waals surface area contributed by atoms with Crippen LogP contribution in [0.4, 0.5) is 0 Å². The van der Waals surface area contributed by atoms with Crippen molar-refractivity contribution in [1.82, 2.24) is 19.9 Å². The number of rotatable bonds is 7. The molecule has 1 amide bonds. The van der Waals surface area contributed by atoms with Gasteiger partial charge >= 0.3 is 0 Å². The first kappa shape index (κ1) is 16.5.